The molecule has 0 atom stereocenters. The summed E-state index contributed by atoms with van der Waals surface area (Å²) in [5.41, 5.74) is 6.86. The van der Waals surface area contributed by atoms with Crippen LogP contribution in [0.15, 0.2) is 42.7 Å². The third-order valence-corrected chi connectivity index (χ3v) is 4.67. The highest BCUT2D eigenvalue weighted by Crippen LogP contribution is 2.33. The van der Waals surface area contributed by atoms with Gasteiger partial charge in [0, 0.05) is 13.1 Å². The summed E-state index contributed by atoms with van der Waals surface area (Å²) in [6, 6.07) is 11.5. The van der Waals surface area contributed by atoms with Crippen LogP contribution in [0, 0.1) is 0 Å². The van der Waals surface area contributed by atoms with E-state index in [0.29, 0.717) is 24.6 Å². The van der Waals surface area contributed by atoms with E-state index in [1.165, 1.54) is 5.56 Å². The molecule has 3 aromatic rings. The molecule has 0 bridgehead atoms. The molecule has 0 saturated carbocycles. The smallest absolute Gasteiger partial charge is 0.336 e. The number of fused-ring (bicyclic) bond motifs is 2. The fourth-order valence-corrected chi connectivity index (χ4v) is 3.28. The van der Waals surface area contributed by atoms with Crippen molar-refractivity contribution in [2.75, 3.05) is 26.2 Å². The normalized spacial score (nSPS) is 13.4. The molecule has 1 aliphatic heterocycles. The number of hydrogen-bond donors (Lipinski definition) is 1. The van der Waals surface area contributed by atoms with Crippen LogP contribution in [0.3, 0.4) is 0 Å². The van der Waals surface area contributed by atoms with E-state index >= 15 is 0 Å². The summed E-state index contributed by atoms with van der Waals surface area (Å²) in [5.74, 6) is 1.39. The molecule has 2 heterocycles. The van der Waals surface area contributed by atoms with E-state index < -0.39 is 0 Å². The summed E-state index contributed by atoms with van der Waals surface area (Å²) >= 11 is 0. The van der Waals surface area contributed by atoms with Crippen molar-refractivity contribution in [1.82, 2.24) is 14.6 Å². The molecule has 26 heavy (non-hydrogen) atoms. The van der Waals surface area contributed by atoms with Crippen LogP contribution in [0.1, 0.15) is 11.1 Å². The Morgan fingerprint density at radius 3 is 2.62 bits per heavy atom. The number of amides is 2. The van der Waals surface area contributed by atoms with Crippen LogP contribution in [-0.4, -0.2) is 41.4 Å². The molecule has 2 amide bonds. The van der Waals surface area contributed by atoms with Gasteiger partial charge >= 0.3 is 6.03 Å². The Hall–Kier alpha value is -3.22. The summed E-state index contributed by atoms with van der Waals surface area (Å²) in [4.78, 5) is 18.8. The van der Waals surface area contributed by atoms with E-state index in [1.807, 2.05) is 36.4 Å². The largest absolute Gasteiger partial charge is 0.493 e. The quantitative estimate of drug-likeness (QED) is 0.787. The van der Waals surface area contributed by atoms with E-state index in [4.69, 9.17) is 9.47 Å². The lowest BCUT2D eigenvalue weighted by atomic mass is 9.99. The minimum atomic E-state index is -0.159. The van der Waals surface area contributed by atoms with Gasteiger partial charge in [0.05, 0.1) is 25.3 Å². The number of para-hydroxylation sites is 2. The number of carbonyl (C=O) groups excluding carboxylic acids is 1. The molecule has 134 valence electrons. The lowest BCUT2D eigenvalue weighted by Gasteiger charge is -2.29. The molecule has 7 heteroatoms. The maximum Gasteiger partial charge on any atom is 0.336 e. The fraction of sp³-hybridized carbons (Fsp3) is 0.263. The number of ether oxygens (including phenoxy) is 2. The Balaban J connectivity index is 1.54. The molecule has 4 rings (SSSR count). The van der Waals surface area contributed by atoms with Gasteiger partial charge < -0.3 is 14.4 Å². The van der Waals surface area contributed by atoms with Gasteiger partial charge in [-0.1, -0.05) is 12.1 Å². The van der Waals surface area contributed by atoms with Crippen LogP contribution < -0.4 is 14.9 Å². The first-order valence-electron chi connectivity index (χ1n) is 8.41. The highest BCUT2D eigenvalue weighted by molar-refractivity contribution is 5.85. The number of imidazole rings is 1. The maximum atomic E-state index is 12.7. The molecule has 1 aliphatic rings. The van der Waals surface area contributed by atoms with Crippen molar-refractivity contribution < 1.29 is 14.3 Å². The number of hydrogen-bond acceptors (Lipinski definition) is 4. The predicted octanol–water partition coefficient (Wildman–Crippen LogP) is 2.78. The second-order valence-electron chi connectivity index (χ2n) is 6.17. The molecular weight excluding hydrogens is 332 g/mol. The number of methoxy groups -OCH3 is 2. The summed E-state index contributed by atoms with van der Waals surface area (Å²) in [6.45, 7) is 1.16. The highest BCUT2D eigenvalue weighted by Gasteiger charge is 2.23. The molecule has 0 aliphatic carbocycles. The van der Waals surface area contributed by atoms with E-state index in [1.54, 1.807) is 30.1 Å². The summed E-state index contributed by atoms with van der Waals surface area (Å²) in [6.07, 6.45) is 2.39. The van der Waals surface area contributed by atoms with Gasteiger partial charge in [-0.25, -0.2) is 19.9 Å². The topological polar surface area (TPSA) is 68.6 Å². The Morgan fingerprint density at radius 1 is 1.12 bits per heavy atom. The average Bonchev–Trinajstić information content (AvgIpc) is 3.09. The second kappa shape index (κ2) is 6.59. The molecule has 7 nitrogen and oxygen atoms in total. The summed E-state index contributed by atoms with van der Waals surface area (Å²) in [7, 11) is 3.24. The zero-order valence-corrected chi connectivity index (χ0v) is 14.7. The molecule has 1 N–H and O–H groups in total. The molecule has 1 aromatic heterocycles. The molecule has 0 saturated heterocycles. The lowest BCUT2D eigenvalue weighted by Crippen LogP contribution is -2.41. The Bertz CT molecular complexity index is 967. The fourth-order valence-electron chi connectivity index (χ4n) is 3.28. The van der Waals surface area contributed by atoms with Crippen molar-refractivity contribution in [3.8, 4) is 11.5 Å². The van der Waals surface area contributed by atoms with Crippen LogP contribution in [0.2, 0.25) is 0 Å². The van der Waals surface area contributed by atoms with Gasteiger partial charge in [0.1, 0.15) is 6.33 Å². The van der Waals surface area contributed by atoms with Crippen LogP contribution in [0.25, 0.3) is 11.0 Å². The highest BCUT2D eigenvalue weighted by atomic mass is 16.5. The standard InChI is InChI=1S/C19H20N4O3/c1-25-17-9-13-7-8-22(11-14(13)10-18(17)26-2)19(24)21-23-12-20-15-5-3-4-6-16(15)23/h3-6,9-10,12H,7-8,11H2,1-2H3,(H,21,24). The first-order chi connectivity index (χ1) is 12.7. The van der Waals surface area contributed by atoms with Gasteiger partial charge in [-0.3, -0.25) is 0 Å². The second-order valence-corrected chi connectivity index (χ2v) is 6.17. The van der Waals surface area contributed by atoms with Gasteiger partial charge in [0.2, 0.25) is 0 Å². The van der Waals surface area contributed by atoms with E-state index in [0.717, 1.165) is 23.0 Å². The minimum Gasteiger partial charge on any atom is -0.493 e. The summed E-state index contributed by atoms with van der Waals surface area (Å²) in [5, 5.41) is 0. The molecule has 2 aromatic carbocycles. The van der Waals surface area contributed by atoms with Gasteiger partial charge in [0.15, 0.2) is 11.5 Å². The van der Waals surface area contributed by atoms with Crippen molar-refractivity contribution in [2.45, 2.75) is 13.0 Å². The Morgan fingerprint density at radius 2 is 1.85 bits per heavy atom. The number of carbonyl (C=O) groups is 1. The number of nitrogens with one attached hydrogen (secondary N) is 1. The SMILES string of the molecule is COc1cc2c(cc1OC)CN(C(=O)Nn1cnc3ccccc31)CC2. The molecule has 0 spiro atoms. The van der Waals surface area contributed by atoms with Crippen LogP contribution in [0.5, 0.6) is 11.5 Å². The van der Waals surface area contributed by atoms with Crippen molar-refractivity contribution in [2.24, 2.45) is 0 Å². The number of rotatable bonds is 3. The van der Waals surface area contributed by atoms with Gasteiger partial charge in [-0.05, 0) is 41.8 Å². The van der Waals surface area contributed by atoms with Gasteiger partial charge in [-0.2, -0.15) is 0 Å². The number of aromatic nitrogens is 2. The molecular formula is C19H20N4O3. The zero-order valence-electron chi connectivity index (χ0n) is 14.7. The third kappa shape index (κ3) is 2.81. The van der Waals surface area contributed by atoms with E-state index in [-0.39, 0.29) is 6.03 Å². The molecule has 0 radical (unpaired) electrons. The van der Waals surface area contributed by atoms with Crippen LogP contribution in [-0.2, 0) is 13.0 Å². The van der Waals surface area contributed by atoms with Crippen molar-refractivity contribution in [3.63, 3.8) is 0 Å². The average molecular weight is 352 g/mol. The third-order valence-electron chi connectivity index (χ3n) is 4.67. The number of urea groups is 1. The van der Waals surface area contributed by atoms with E-state index in [9.17, 15) is 4.79 Å². The van der Waals surface area contributed by atoms with Crippen molar-refractivity contribution >= 4 is 17.1 Å². The van der Waals surface area contributed by atoms with Crippen LogP contribution in [0.4, 0.5) is 4.79 Å². The predicted molar refractivity (Wildman–Crippen MR) is 98.1 cm³/mol. The first-order valence-corrected chi connectivity index (χ1v) is 8.41. The molecule has 0 fully saturated rings. The van der Waals surface area contributed by atoms with Crippen LogP contribution >= 0.6 is 0 Å². The van der Waals surface area contributed by atoms with Gasteiger partial charge in [-0.15, -0.1) is 0 Å². The zero-order chi connectivity index (χ0) is 18.1. The van der Waals surface area contributed by atoms with E-state index in [2.05, 4.69) is 10.4 Å². The monoisotopic (exact) mass is 352 g/mol. The van der Waals surface area contributed by atoms with Crippen molar-refractivity contribution in [1.29, 1.82) is 0 Å². The lowest BCUT2D eigenvalue weighted by molar-refractivity contribution is 0.203. The Kier molecular flexibility index (Phi) is 4.12. The number of benzene rings is 2. The Labute approximate surface area is 151 Å². The van der Waals surface area contributed by atoms with Crippen molar-refractivity contribution in [3.05, 3.63) is 53.9 Å². The minimum absolute atomic E-state index is 0.159. The molecule has 0 unspecified atom stereocenters. The number of nitrogens with zero attached hydrogens (tertiary/aromatic N) is 3. The maximum absolute atomic E-state index is 12.7. The van der Waals surface area contributed by atoms with Gasteiger partial charge in [0.25, 0.3) is 0 Å². The summed E-state index contributed by atoms with van der Waals surface area (Å²) < 4.78 is 12.4. The first kappa shape index (κ1) is 16.3.